The van der Waals surface area contributed by atoms with Gasteiger partial charge in [0.2, 0.25) is 0 Å². The van der Waals surface area contributed by atoms with Gasteiger partial charge in [-0.1, -0.05) is 13.8 Å². The van der Waals surface area contributed by atoms with Gasteiger partial charge in [-0.2, -0.15) is 4.80 Å². The zero-order chi connectivity index (χ0) is 12.2. The summed E-state index contributed by atoms with van der Waals surface area (Å²) in [5.41, 5.74) is 5.27. The number of Topliss-reactive ketones (excluding diaryl/α,β-unsaturated/α-hetero) is 1. The molecule has 1 rings (SSSR count). The molecule has 0 saturated heterocycles. The molecule has 0 fully saturated rings. The normalized spacial score (nSPS) is 11.8. The molecule has 0 aliphatic rings. The molecule has 90 valence electrons. The lowest BCUT2D eigenvalue weighted by molar-refractivity contribution is -0.128. The maximum absolute atomic E-state index is 12.1. The van der Waals surface area contributed by atoms with Gasteiger partial charge < -0.3 is 5.73 Å². The first-order valence-corrected chi connectivity index (χ1v) is 5.54. The molecule has 0 atom stereocenters. The quantitative estimate of drug-likeness (QED) is 0.741. The van der Waals surface area contributed by atoms with Crippen molar-refractivity contribution in [1.29, 1.82) is 0 Å². The number of rotatable bonds is 6. The number of hydrogen-bond donors (Lipinski definition) is 1. The number of aryl methyl sites for hydroxylation is 1. The highest BCUT2D eigenvalue weighted by Crippen LogP contribution is 2.27. The van der Waals surface area contributed by atoms with Gasteiger partial charge in [-0.05, 0) is 18.1 Å². The van der Waals surface area contributed by atoms with Gasteiger partial charge in [0.15, 0.2) is 5.82 Å². The van der Waals surface area contributed by atoms with Crippen LogP contribution in [0, 0.1) is 5.41 Å². The van der Waals surface area contributed by atoms with Gasteiger partial charge in [0.25, 0.3) is 0 Å². The summed E-state index contributed by atoms with van der Waals surface area (Å²) >= 11 is 0. The third-order valence-corrected chi connectivity index (χ3v) is 3.20. The van der Waals surface area contributed by atoms with Crippen molar-refractivity contribution in [2.75, 3.05) is 6.54 Å². The molecule has 0 aliphatic carbocycles. The predicted molar refractivity (Wildman–Crippen MR) is 59.6 cm³/mol. The summed E-state index contributed by atoms with van der Waals surface area (Å²) in [5.74, 6) is 0.570. The molecule has 0 spiro atoms. The van der Waals surface area contributed by atoms with Crippen molar-refractivity contribution in [2.24, 2.45) is 18.2 Å². The van der Waals surface area contributed by atoms with E-state index in [4.69, 9.17) is 5.73 Å². The highest BCUT2D eigenvalue weighted by Gasteiger charge is 2.33. The highest BCUT2D eigenvalue weighted by atomic mass is 16.1. The minimum atomic E-state index is -0.431. The van der Waals surface area contributed by atoms with Gasteiger partial charge in [0, 0.05) is 12.0 Å². The van der Waals surface area contributed by atoms with E-state index in [1.54, 1.807) is 7.05 Å². The number of aromatic nitrogens is 4. The van der Waals surface area contributed by atoms with E-state index in [-0.39, 0.29) is 12.2 Å². The summed E-state index contributed by atoms with van der Waals surface area (Å²) < 4.78 is 0. The monoisotopic (exact) mass is 225 g/mol. The molecule has 1 aromatic rings. The van der Waals surface area contributed by atoms with Crippen molar-refractivity contribution in [3.05, 3.63) is 5.82 Å². The Kier molecular flexibility index (Phi) is 4.12. The van der Waals surface area contributed by atoms with Crippen LogP contribution in [0.25, 0.3) is 0 Å². The number of carbonyl (C=O) groups excluding carboxylic acids is 1. The van der Waals surface area contributed by atoms with Crippen molar-refractivity contribution < 1.29 is 4.79 Å². The standard InChI is InChI=1S/C10H19N5O/c1-4-10(5-2,7-11)8(16)6-9-12-14-15(3)13-9/h4-7,11H2,1-3H3. The zero-order valence-corrected chi connectivity index (χ0v) is 10.1. The summed E-state index contributed by atoms with van der Waals surface area (Å²) in [6, 6.07) is 0. The molecule has 16 heavy (non-hydrogen) atoms. The summed E-state index contributed by atoms with van der Waals surface area (Å²) in [6.45, 7) is 4.34. The van der Waals surface area contributed by atoms with E-state index >= 15 is 0 Å². The van der Waals surface area contributed by atoms with Crippen LogP contribution in [0.1, 0.15) is 32.5 Å². The Morgan fingerprint density at radius 2 is 2.06 bits per heavy atom. The summed E-state index contributed by atoms with van der Waals surface area (Å²) in [5, 5.41) is 11.5. The van der Waals surface area contributed by atoms with Crippen LogP contribution in [0.4, 0.5) is 0 Å². The SMILES string of the molecule is CCC(CC)(CN)C(=O)Cc1nnn(C)n1. The Balaban J connectivity index is 2.77. The molecule has 0 bridgehead atoms. The predicted octanol–water partition coefficient (Wildman–Crippen LogP) is 0.0868. The molecule has 0 unspecified atom stereocenters. The fourth-order valence-electron chi connectivity index (χ4n) is 1.77. The van der Waals surface area contributed by atoms with Crippen molar-refractivity contribution in [3.8, 4) is 0 Å². The minimum absolute atomic E-state index is 0.105. The van der Waals surface area contributed by atoms with E-state index in [1.807, 2.05) is 13.8 Å². The zero-order valence-electron chi connectivity index (χ0n) is 10.1. The van der Waals surface area contributed by atoms with Crippen LogP contribution in [0.5, 0.6) is 0 Å². The molecule has 1 aromatic heterocycles. The van der Waals surface area contributed by atoms with Crippen LogP contribution in [-0.4, -0.2) is 32.5 Å². The second-order valence-electron chi connectivity index (χ2n) is 3.99. The molecule has 1 heterocycles. The van der Waals surface area contributed by atoms with Gasteiger partial charge in [0.1, 0.15) is 5.78 Å². The van der Waals surface area contributed by atoms with E-state index < -0.39 is 5.41 Å². The van der Waals surface area contributed by atoms with Crippen LogP contribution in [0.2, 0.25) is 0 Å². The first-order valence-electron chi connectivity index (χ1n) is 5.54. The Hall–Kier alpha value is -1.30. The van der Waals surface area contributed by atoms with Crippen LogP contribution in [0.3, 0.4) is 0 Å². The average Bonchev–Trinajstić information content (AvgIpc) is 2.67. The molecule has 0 radical (unpaired) electrons. The maximum atomic E-state index is 12.1. The molecule has 6 heteroatoms. The molecule has 2 N–H and O–H groups in total. The lowest BCUT2D eigenvalue weighted by Gasteiger charge is -2.27. The van der Waals surface area contributed by atoms with E-state index in [9.17, 15) is 4.79 Å². The molecule has 0 amide bonds. The fraction of sp³-hybridized carbons (Fsp3) is 0.800. The topological polar surface area (TPSA) is 86.7 Å². The lowest BCUT2D eigenvalue weighted by atomic mass is 9.77. The van der Waals surface area contributed by atoms with Gasteiger partial charge in [-0.15, -0.1) is 10.2 Å². The second kappa shape index (κ2) is 5.16. The number of nitrogens with two attached hydrogens (primary N) is 1. The summed E-state index contributed by atoms with van der Waals surface area (Å²) in [7, 11) is 1.68. The fourth-order valence-corrected chi connectivity index (χ4v) is 1.77. The number of carbonyl (C=O) groups is 1. The Labute approximate surface area is 95.2 Å². The Morgan fingerprint density at radius 1 is 1.44 bits per heavy atom. The molecule has 0 aromatic carbocycles. The highest BCUT2D eigenvalue weighted by molar-refractivity contribution is 5.86. The first-order chi connectivity index (χ1) is 7.57. The van der Waals surface area contributed by atoms with Gasteiger partial charge in [0.05, 0.1) is 13.5 Å². The van der Waals surface area contributed by atoms with Gasteiger partial charge >= 0.3 is 0 Å². The first kappa shape index (κ1) is 12.8. The summed E-state index contributed by atoms with van der Waals surface area (Å²) in [6.07, 6.45) is 1.71. The second-order valence-corrected chi connectivity index (χ2v) is 3.99. The van der Waals surface area contributed by atoms with Crippen LogP contribution < -0.4 is 5.73 Å². The Morgan fingerprint density at radius 3 is 2.44 bits per heavy atom. The third kappa shape index (κ3) is 2.44. The van der Waals surface area contributed by atoms with Crippen LogP contribution in [0.15, 0.2) is 0 Å². The minimum Gasteiger partial charge on any atom is -0.329 e. The molecule has 6 nitrogen and oxygen atoms in total. The largest absolute Gasteiger partial charge is 0.329 e. The lowest BCUT2D eigenvalue weighted by Crippen LogP contribution is -2.38. The number of nitrogens with zero attached hydrogens (tertiary/aromatic N) is 4. The summed E-state index contributed by atoms with van der Waals surface area (Å²) in [4.78, 5) is 13.5. The van der Waals surface area contributed by atoms with Crippen LogP contribution >= 0.6 is 0 Å². The smallest absolute Gasteiger partial charge is 0.182 e. The van der Waals surface area contributed by atoms with Crippen molar-refractivity contribution in [1.82, 2.24) is 20.2 Å². The maximum Gasteiger partial charge on any atom is 0.182 e. The third-order valence-electron chi connectivity index (χ3n) is 3.20. The van der Waals surface area contributed by atoms with E-state index in [2.05, 4.69) is 15.4 Å². The van der Waals surface area contributed by atoms with Crippen LogP contribution in [-0.2, 0) is 18.3 Å². The van der Waals surface area contributed by atoms with Crippen molar-refractivity contribution in [2.45, 2.75) is 33.1 Å². The molecule has 0 aliphatic heterocycles. The van der Waals surface area contributed by atoms with E-state index in [0.717, 1.165) is 12.8 Å². The van der Waals surface area contributed by atoms with Crippen molar-refractivity contribution >= 4 is 5.78 Å². The average molecular weight is 225 g/mol. The van der Waals surface area contributed by atoms with E-state index in [0.29, 0.717) is 12.4 Å². The molecule has 0 saturated carbocycles. The van der Waals surface area contributed by atoms with Gasteiger partial charge in [-0.3, -0.25) is 4.79 Å². The van der Waals surface area contributed by atoms with E-state index in [1.165, 1.54) is 4.80 Å². The Bertz CT molecular complexity index is 348. The number of hydrogen-bond acceptors (Lipinski definition) is 5. The van der Waals surface area contributed by atoms with Crippen molar-refractivity contribution in [3.63, 3.8) is 0 Å². The number of tetrazole rings is 1. The van der Waals surface area contributed by atoms with Gasteiger partial charge in [-0.25, -0.2) is 0 Å². The molecular formula is C10H19N5O. The number of ketones is 1. The molecular weight excluding hydrogens is 206 g/mol.